The largest absolute Gasteiger partial charge is 0.254 e. The molecule has 0 saturated carbocycles. The van der Waals surface area contributed by atoms with Gasteiger partial charge in [-0.3, -0.25) is 4.98 Å². The molecule has 0 aliphatic carbocycles. The van der Waals surface area contributed by atoms with Crippen LogP contribution in [0.15, 0.2) is 83.2 Å². The molecule has 0 spiro atoms. The van der Waals surface area contributed by atoms with E-state index in [1.807, 2.05) is 48.5 Å². The first kappa shape index (κ1) is 13.5. The molecule has 0 N–H and O–H groups in total. The molecule has 110 valence electrons. The van der Waals surface area contributed by atoms with Crippen LogP contribution in [-0.2, 0) is 6.54 Å². The number of hydrogen-bond donors (Lipinski definition) is 0. The zero-order chi connectivity index (χ0) is 15.5. The Balaban J connectivity index is 1.68. The first-order valence-electron chi connectivity index (χ1n) is 7.46. The third-order valence-corrected chi connectivity index (χ3v) is 3.66. The van der Waals surface area contributed by atoms with Crippen molar-refractivity contribution in [1.29, 1.82) is 0 Å². The number of pyridine rings is 2. The van der Waals surface area contributed by atoms with Crippen molar-refractivity contribution in [3.8, 4) is 0 Å². The fourth-order valence-electron chi connectivity index (χ4n) is 2.54. The molecular formula is C19H14N4. The lowest BCUT2D eigenvalue weighted by Crippen LogP contribution is -1.90. The van der Waals surface area contributed by atoms with E-state index in [9.17, 15) is 0 Å². The molecule has 4 heteroatoms. The minimum absolute atomic E-state index is 0.452. The molecule has 0 amide bonds. The first-order valence-corrected chi connectivity index (χ1v) is 7.46. The Labute approximate surface area is 133 Å². The van der Waals surface area contributed by atoms with Gasteiger partial charge in [0.1, 0.15) is 6.54 Å². The summed E-state index contributed by atoms with van der Waals surface area (Å²) in [4.78, 5) is 9.18. The Hall–Kier alpha value is -3.14. The zero-order valence-electron chi connectivity index (χ0n) is 12.4. The van der Waals surface area contributed by atoms with Gasteiger partial charge < -0.3 is 0 Å². The second kappa shape index (κ2) is 5.93. The van der Waals surface area contributed by atoms with Gasteiger partial charge in [0, 0.05) is 17.0 Å². The maximum absolute atomic E-state index is 4.72. The molecule has 0 unspecified atom stereocenters. The molecule has 4 rings (SSSR count). The van der Waals surface area contributed by atoms with Crippen molar-refractivity contribution in [2.75, 3.05) is 0 Å². The summed E-state index contributed by atoms with van der Waals surface area (Å²) in [6, 6.07) is 21.9. The number of azo groups is 1. The van der Waals surface area contributed by atoms with Crippen molar-refractivity contribution in [2.24, 2.45) is 10.2 Å². The Kier molecular flexibility index (Phi) is 3.48. The molecule has 23 heavy (non-hydrogen) atoms. The standard InChI is InChI=1S/C19H14N4/c1-2-6-16(7-3-1)23-21-13-17-11-10-15-9-8-14-5-4-12-20-18(14)19(15)22-17/h1-12H,13H2. The van der Waals surface area contributed by atoms with E-state index in [0.717, 1.165) is 33.2 Å². The van der Waals surface area contributed by atoms with Crippen molar-refractivity contribution in [3.05, 3.63) is 78.6 Å². The van der Waals surface area contributed by atoms with E-state index in [-0.39, 0.29) is 0 Å². The van der Waals surface area contributed by atoms with Crippen LogP contribution in [0.5, 0.6) is 0 Å². The molecule has 4 aromatic rings. The molecule has 0 bridgehead atoms. The quantitative estimate of drug-likeness (QED) is 0.392. The number of aromatic nitrogens is 2. The van der Waals surface area contributed by atoms with Crippen LogP contribution in [0.1, 0.15) is 5.69 Å². The summed E-state index contributed by atoms with van der Waals surface area (Å²) in [6.45, 7) is 0.452. The summed E-state index contributed by atoms with van der Waals surface area (Å²) in [6.07, 6.45) is 1.80. The monoisotopic (exact) mass is 298 g/mol. The fourth-order valence-corrected chi connectivity index (χ4v) is 2.54. The summed E-state index contributed by atoms with van der Waals surface area (Å²) in [5, 5.41) is 10.6. The molecule has 4 nitrogen and oxygen atoms in total. The van der Waals surface area contributed by atoms with Gasteiger partial charge in [-0.05, 0) is 24.3 Å². The average molecular weight is 298 g/mol. The summed E-state index contributed by atoms with van der Waals surface area (Å²) in [5.74, 6) is 0. The minimum Gasteiger partial charge on any atom is -0.254 e. The number of fused-ring (bicyclic) bond motifs is 3. The van der Waals surface area contributed by atoms with Crippen molar-refractivity contribution in [2.45, 2.75) is 6.54 Å². The van der Waals surface area contributed by atoms with Crippen LogP contribution in [0, 0.1) is 0 Å². The van der Waals surface area contributed by atoms with Gasteiger partial charge in [-0.1, -0.05) is 42.5 Å². The Morgan fingerprint density at radius 1 is 0.739 bits per heavy atom. The maximum atomic E-state index is 4.72. The summed E-state index contributed by atoms with van der Waals surface area (Å²) in [7, 11) is 0. The Morgan fingerprint density at radius 2 is 1.52 bits per heavy atom. The van der Waals surface area contributed by atoms with E-state index in [1.165, 1.54) is 0 Å². The smallest absolute Gasteiger partial charge is 0.102 e. The zero-order valence-corrected chi connectivity index (χ0v) is 12.4. The lowest BCUT2D eigenvalue weighted by molar-refractivity contribution is 0.924. The Morgan fingerprint density at radius 3 is 2.39 bits per heavy atom. The Bertz CT molecular complexity index is 994. The van der Waals surface area contributed by atoms with E-state index < -0.39 is 0 Å². The predicted octanol–water partition coefficient (Wildman–Crippen LogP) is 5.07. The molecule has 0 radical (unpaired) electrons. The van der Waals surface area contributed by atoms with Crippen LogP contribution in [0.25, 0.3) is 21.8 Å². The molecule has 2 aromatic heterocycles. The highest BCUT2D eigenvalue weighted by atomic mass is 15.1. The number of nitrogens with zero attached hydrogens (tertiary/aromatic N) is 4. The third-order valence-electron chi connectivity index (χ3n) is 3.66. The normalized spacial score (nSPS) is 11.5. The second-order valence-corrected chi connectivity index (χ2v) is 5.25. The van der Waals surface area contributed by atoms with Gasteiger partial charge in [-0.25, -0.2) is 4.98 Å². The molecule has 0 fully saturated rings. The van der Waals surface area contributed by atoms with Gasteiger partial charge in [-0.2, -0.15) is 10.2 Å². The SMILES string of the molecule is c1ccc(N=NCc2ccc3ccc4cccnc4c3n2)cc1. The second-order valence-electron chi connectivity index (χ2n) is 5.25. The van der Waals surface area contributed by atoms with E-state index in [1.54, 1.807) is 6.20 Å². The number of hydrogen-bond acceptors (Lipinski definition) is 4. The molecule has 0 aliphatic heterocycles. The van der Waals surface area contributed by atoms with E-state index in [4.69, 9.17) is 4.98 Å². The van der Waals surface area contributed by atoms with Crippen LogP contribution < -0.4 is 0 Å². The third kappa shape index (κ3) is 2.79. The molecule has 0 aliphatic rings. The van der Waals surface area contributed by atoms with E-state index in [2.05, 4.69) is 33.4 Å². The van der Waals surface area contributed by atoms with Crippen molar-refractivity contribution < 1.29 is 0 Å². The number of rotatable bonds is 3. The molecule has 2 aromatic carbocycles. The molecule has 0 saturated heterocycles. The summed E-state index contributed by atoms with van der Waals surface area (Å²) < 4.78 is 0. The predicted molar refractivity (Wildman–Crippen MR) is 91.7 cm³/mol. The molecule has 0 atom stereocenters. The fraction of sp³-hybridized carbons (Fsp3) is 0.0526. The van der Waals surface area contributed by atoms with Crippen molar-refractivity contribution in [1.82, 2.24) is 9.97 Å². The maximum Gasteiger partial charge on any atom is 0.102 e. The topological polar surface area (TPSA) is 50.5 Å². The highest BCUT2D eigenvalue weighted by Crippen LogP contribution is 2.22. The summed E-state index contributed by atoms with van der Waals surface area (Å²) >= 11 is 0. The lowest BCUT2D eigenvalue weighted by Gasteiger charge is -2.03. The molecular weight excluding hydrogens is 284 g/mol. The molecule has 2 heterocycles. The van der Waals surface area contributed by atoms with E-state index >= 15 is 0 Å². The van der Waals surface area contributed by atoms with Crippen LogP contribution in [0.2, 0.25) is 0 Å². The van der Waals surface area contributed by atoms with Gasteiger partial charge in [0.25, 0.3) is 0 Å². The lowest BCUT2D eigenvalue weighted by atomic mass is 10.1. The van der Waals surface area contributed by atoms with Crippen LogP contribution in [0.3, 0.4) is 0 Å². The van der Waals surface area contributed by atoms with Crippen LogP contribution >= 0.6 is 0 Å². The summed E-state index contributed by atoms with van der Waals surface area (Å²) in [5.41, 5.74) is 3.57. The van der Waals surface area contributed by atoms with E-state index in [0.29, 0.717) is 6.54 Å². The number of benzene rings is 2. The van der Waals surface area contributed by atoms with Crippen LogP contribution in [-0.4, -0.2) is 9.97 Å². The van der Waals surface area contributed by atoms with Gasteiger partial charge in [-0.15, -0.1) is 0 Å². The van der Waals surface area contributed by atoms with Crippen molar-refractivity contribution in [3.63, 3.8) is 0 Å². The average Bonchev–Trinajstić information content (AvgIpc) is 2.62. The minimum atomic E-state index is 0.452. The van der Waals surface area contributed by atoms with Gasteiger partial charge >= 0.3 is 0 Å². The van der Waals surface area contributed by atoms with Crippen molar-refractivity contribution >= 4 is 27.5 Å². The van der Waals surface area contributed by atoms with Gasteiger partial charge in [0.05, 0.1) is 22.4 Å². The van der Waals surface area contributed by atoms with Gasteiger partial charge in [0.2, 0.25) is 0 Å². The highest BCUT2D eigenvalue weighted by Gasteiger charge is 2.04. The van der Waals surface area contributed by atoms with Crippen LogP contribution in [0.4, 0.5) is 5.69 Å². The van der Waals surface area contributed by atoms with Gasteiger partial charge in [0.15, 0.2) is 0 Å². The highest BCUT2D eigenvalue weighted by molar-refractivity contribution is 6.02. The first-order chi connectivity index (χ1) is 11.4.